The number of hydrogen-bond acceptors (Lipinski definition) is 2. The Balaban J connectivity index is 3.42. The van der Waals surface area contributed by atoms with Crippen LogP contribution in [0.3, 0.4) is 0 Å². The third-order valence-electron chi connectivity index (χ3n) is 1.77. The number of aromatic nitrogens is 1. The van der Waals surface area contributed by atoms with E-state index in [9.17, 15) is 4.79 Å². The second-order valence-electron chi connectivity index (χ2n) is 2.64. The zero-order chi connectivity index (χ0) is 9.14. The highest BCUT2D eigenvalue weighted by Crippen LogP contribution is 1.99. The van der Waals surface area contributed by atoms with Gasteiger partial charge in [0.1, 0.15) is 11.6 Å². The molecule has 0 bridgehead atoms. The summed E-state index contributed by atoms with van der Waals surface area (Å²) in [6, 6.07) is 3.52. The Labute approximate surface area is 70.9 Å². The highest BCUT2D eigenvalue weighted by atomic mass is 16.1. The lowest BCUT2D eigenvalue weighted by atomic mass is 10.2. The van der Waals surface area contributed by atoms with Crippen LogP contribution in [0.25, 0.3) is 0 Å². The van der Waals surface area contributed by atoms with E-state index in [2.05, 4.69) is 0 Å². The number of hydrogen-bond donors (Lipinski definition) is 0. The first kappa shape index (κ1) is 8.54. The van der Waals surface area contributed by atoms with Crippen LogP contribution in [0.2, 0.25) is 0 Å². The molecule has 0 amide bonds. The number of nitriles is 1. The van der Waals surface area contributed by atoms with Crippen molar-refractivity contribution in [1.29, 1.82) is 5.26 Å². The summed E-state index contributed by atoms with van der Waals surface area (Å²) < 4.78 is 1.44. The molecule has 0 unspecified atom stereocenters. The minimum atomic E-state index is -0.227. The molecule has 0 aromatic carbocycles. The summed E-state index contributed by atoms with van der Waals surface area (Å²) in [5.74, 6) is 0. The summed E-state index contributed by atoms with van der Waals surface area (Å²) in [5, 5.41) is 8.60. The van der Waals surface area contributed by atoms with Gasteiger partial charge in [0.2, 0.25) is 0 Å². The fourth-order valence-electron chi connectivity index (χ4n) is 1.06. The molecule has 62 valence electrons. The van der Waals surface area contributed by atoms with Crippen molar-refractivity contribution in [2.75, 3.05) is 0 Å². The van der Waals surface area contributed by atoms with Crippen LogP contribution in [0, 0.1) is 11.3 Å². The van der Waals surface area contributed by atoms with Gasteiger partial charge in [-0.05, 0) is 18.1 Å². The van der Waals surface area contributed by atoms with E-state index in [0.717, 1.165) is 12.0 Å². The van der Waals surface area contributed by atoms with Crippen molar-refractivity contribution in [3.05, 3.63) is 33.7 Å². The van der Waals surface area contributed by atoms with Crippen LogP contribution in [0.15, 0.2) is 17.1 Å². The largest absolute Gasteiger partial charge is 0.317 e. The van der Waals surface area contributed by atoms with E-state index in [4.69, 9.17) is 5.26 Å². The van der Waals surface area contributed by atoms with E-state index < -0.39 is 0 Å². The van der Waals surface area contributed by atoms with Gasteiger partial charge in [0.25, 0.3) is 5.56 Å². The number of pyridine rings is 1. The van der Waals surface area contributed by atoms with Crippen LogP contribution in [0.1, 0.15) is 18.1 Å². The Morgan fingerprint density at radius 3 is 2.83 bits per heavy atom. The van der Waals surface area contributed by atoms with Crippen LogP contribution in [-0.2, 0) is 13.5 Å². The van der Waals surface area contributed by atoms with Crippen LogP contribution >= 0.6 is 0 Å². The topological polar surface area (TPSA) is 45.8 Å². The normalized spacial score (nSPS) is 9.42. The Hall–Kier alpha value is -1.56. The monoisotopic (exact) mass is 162 g/mol. The summed E-state index contributed by atoms with van der Waals surface area (Å²) in [7, 11) is 1.66. The van der Waals surface area contributed by atoms with Gasteiger partial charge in [-0.15, -0.1) is 0 Å². The molecule has 0 spiro atoms. The summed E-state index contributed by atoms with van der Waals surface area (Å²) in [5.41, 5.74) is 1.00. The van der Waals surface area contributed by atoms with Gasteiger partial charge in [-0.1, -0.05) is 6.92 Å². The molecule has 0 radical (unpaired) electrons. The molecule has 0 saturated carbocycles. The lowest BCUT2D eigenvalue weighted by Crippen LogP contribution is -2.19. The van der Waals surface area contributed by atoms with E-state index in [0.29, 0.717) is 0 Å². The van der Waals surface area contributed by atoms with Gasteiger partial charge in [0.15, 0.2) is 0 Å². The maximum absolute atomic E-state index is 11.2. The summed E-state index contributed by atoms with van der Waals surface area (Å²) in [6.45, 7) is 1.99. The fraction of sp³-hybridized carbons (Fsp3) is 0.333. The van der Waals surface area contributed by atoms with Crippen LogP contribution < -0.4 is 5.56 Å². The van der Waals surface area contributed by atoms with Gasteiger partial charge in [0.05, 0.1) is 0 Å². The SMILES string of the molecule is CCc1cc(C#N)c(=O)n(C)c1. The maximum atomic E-state index is 11.2. The third-order valence-corrected chi connectivity index (χ3v) is 1.77. The van der Waals surface area contributed by atoms with Crippen molar-refractivity contribution in [1.82, 2.24) is 4.57 Å². The second-order valence-corrected chi connectivity index (χ2v) is 2.64. The molecule has 0 aliphatic heterocycles. The molecular formula is C9H10N2O. The molecule has 1 aromatic heterocycles. The molecule has 12 heavy (non-hydrogen) atoms. The fourth-order valence-corrected chi connectivity index (χ4v) is 1.06. The summed E-state index contributed by atoms with van der Waals surface area (Å²) in [4.78, 5) is 11.2. The van der Waals surface area contributed by atoms with Crippen molar-refractivity contribution in [3.8, 4) is 6.07 Å². The van der Waals surface area contributed by atoms with Gasteiger partial charge in [-0.25, -0.2) is 0 Å². The first-order valence-corrected chi connectivity index (χ1v) is 3.78. The first-order chi connectivity index (χ1) is 5.69. The second kappa shape index (κ2) is 3.22. The first-order valence-electron chi connectivity index (χ1n) is 3.78. The van der Waals surface area contributed by atoms with Crippen molar-refractivity contribution in [2.45, 2.75) is 13.3 Å². The predicted molar refractivity (Wildman–Crippen MR) is 45.8 cm³/mol. The Kier molecular flexibility index (Phi) is 2.29. The van der Waals surface area contributed by atoms with E-state index in [1.54, 1.807) is 19.3 Å². The molecule has 1 heterocycles. The molecule has 3 nitrogen and oxygen atoms in total. The van der Waals surface area contributed by atoms with E-state index >= 15 is 0 Å². The molecule has 1 rings (SSSR count). The molecule has 0 aliphatic carbocycles. The van der Waals surface area contributed by atoms with Crippen molar-refractivity contribution < 1.29 is 0 Å². The number of rotatable bonds is 1. The number of aryl methyl sites for hydroxylation is 2. The molecular weight excluding hydrogens is 152 g/mol. The third kappa shape index (κ3) is 1.37. The minimum Gasteiger partial charge on any atom is -0.317 e. The number of nitrogens with zero attached hydrogens (tertiary/aromatic N) is 2. The van der Waals surface area contributed by atoms with E-state index in [-0.39, 0.29) is 11.1 Å². The van der Waals surface area contributed by atoms with Gasteiger partial charge < -0.3 is 4.57 Å². The average Bonchev–Trinajstić information content (AvgIpc) is 2.09. The van der Waals surface area contributed by atoms with Crippen molar-refractivity contribution in [3.63, 3.8) is 0 Å². The quantitative estimate of drug-likeness (QED) is 0.613. The zero-order valence-corrected chi connectivity index (χ0v) is 7.16. The molecule has 0 atom stereocenters. The van der Waals surface area contributed by atoms with Gasteiger partial charge in [-0.3, -0.25) is 4.79 Å². The molecule has 3 heteroatoms. The summed E-state index contributed by atoms with van der Waals surface area (Å²) in [6.07, 6.45) is 2.59. The van der Waals surface area contributed by atoms with E-state index in [1.165, 1.54) is 4.57 Å². The molecule has 0 saturated heterocycles. The Morgan fingerprint density at radius 2 is 2.33 bits per heavy atom. The minimum absolute atomic E-state index is 0.219. The molecule has 0 fully saturated rings. The summed E-state index contributed by atoms with van der Waals surface area (Å²) >= 11 is 0. The highest BCUT2D eigenvalue weighted by molar-refractivity contribution is 5.29. The van der Waals surface area contributed by atoms with Crippen LogP contribution in [0.4, 0.5) is 0 Å². The van der Waals surface area contributed by atoms with Gasteiger partial charge >= 0.3 is 0 Å². The lowest BCUT2D eigenvalue weighted by Gasteiger charge is -2.01. The highest BCUT2D eigenvalue weighted by Gasteiger charge is 2.01. The average molecular weight is 162 g/mol. The molecule has 0 N–H and O–H groups in total. The smallest absolute Gasteiger partial charge is 0.268 e. The Bertz CT molecular complexity index is 384. The maximum Gasteiger partial charge on any atom is 0.268 e. The van der Waals surface area contributed by atoms with Gasteiger partial charge in [-0.2, -0.15) is 5.26 Å². The zero-order valence-electron chi connectivity index (χ0n) is 7.16. The van der Waals surface area contributed by atoms with Crippen LogP contribution in [-0.4, -0.2) is 4.57 Å². The van der Waals surface area contributed by atoms with Crippen molar-refractivity contribution in [2.24, 2.45) is 7.05 Å². The molecule has 1 aromatic rings. The standard InChI is InChI=1S/C9H10N2O/c1-3-7-4-8(5-10)9(12)11(2)6-7/h4,6H,3H2,1-2H3. The van der Waals surface area contributed by atoms with Crippen molar-refractivity contribution >= 4 is 0 Å². The van der Waals surface area contributed by atoms with Crippen LogP contribution in [0.5, 0.6) is 0 Å². The predicted octanol–water partition coefficient (Wildman–Crippen LogP) is 0.819. The lowest BCUT2D eigenvalue weighted by molar-refractivity contribution is 0.837. The Morgan fingerprint density at radius 1 is 1.67 bits per heavy atom. The molecule has 0 aliphatic rings. The van der Waals surface area contributed by atoms with E-state index in [1.807, 2.05) is 13.0 Å². The van der Waals surface area contributed by atoms with Gasteiger partial charge in [0, 0.05) is 13.2 Å².